The maximum atomic E-state index is 10.4. The number of rotatable bonds is 9. The summed E-state index contributed by atoms with van der Waals surface area (Å²) in [6, 6.07) is 10.5. The Morgan fingerprint density at radius 1 is 1.28 bits per heavy atom. The van der Waals surface area contributed by atoms with Crippen LogP contribution in [0.1, 0.15) is 44.6 Å². The lowest BCUT2D eigenvalue weighted by Gasteiger charge is -2.14. The Kier molecular flexibility index (Phi) is 7.58. The highest BCUT2D eigenvalue weighted by Crippen LogP contribution is 2.24. The SMILES string of the molecule is CCC(CCCCC(=O)O)SCc1ccccc1. The molecule has 0 spiro atoms. The monoisotopic (exact) mass is 266 g/mol. The van der Waals surface area contributed by atoms with E-state index < -0.39 is 5.97 Å². The summed E-state index contributed by atoms with van der Waals surface area (Å²) < 4.78 is 0. The quantitative estimate of drug-likeness (QED) is 0.675. The van der Waals surface area contributed by atoms with Crippen molar-refractivity contribution in [1.82, 2.24) is 0 Å². The Labute approximate surface area is 114 Å². The van der Waals surface area contributed by atoms with Crippen molar-refractivity contribution >= 4 is 17.7 Å². The van der Waals surface area contributed by atoms with Crippen molar-refractivity contribution in [3.8, 4) is 0 Å². The van der Waals surface area contributed by atoms with Gasteiger partial charge in [-0.05, 0) is 24.8 Å². The van der Waals surface area contributed by atoms with E-state index in [0.29, 0.717) is 11.7 Å². The van der Waals surface area contributed by atoms with E-state index in [0.717, 1.165) is 31.4 Å². The first-order valence-electron chi connectivity index (χ1n) is 6.59. The average Bonchev–Trinajstić information content (AvgIpc) is 2.39. The Morgan fingerprint density at radius 3 is 2.61 bits per heavy atom. The Bertz CT molecular complexity index is 338. The third-order valence-electron chi connectivity index (χ3n) is 2.95. The third kappa shape index (κ3) is 6.70. The van der Waals surface area contributed by atoms with Gasteiger partial charge >= 0.3 is 5.97 Å². The molecule has 0 saturated heterocycles. The van der Waals surface area contributed by atoms with Crippen molar-refractivity contribution in [3.05, 3.63) is 35.9 Å². The van der Waals surface area contributed by atoms with Crippen LogP contribution in [0.4, 0.5) is 0 Å². The van der Waals surface area contributed by atoms with Gasteiger partial charge in [-0.2, -0.15) is 11.8 Å². The molecule has 0 aliphatic heterocycles. The molecule has 1 atom stereocenters. The number of carboxylic acid groups (broad SMARTS) is 1. The summed E-state index contributed by atoms with van der Waals surface area (Å²) in [5.41, 5.74) is 1.37. The molecule has 0 heterocycles. The first kappa shape index (κ1) is 15.1. The van der Waals surface area contributed by atoms with E-state index in [-0.39, 0.29) is 0 Å². The molecule has 2 nitrogen and oxygen atoms in total. The first-order valence-corrected chi connectivity index (χ1v) is 7.64. The van der Waals surface area contributed by atoms with Crippen LogP contribution < -0.4 is 0 Å². The predicted octanol–water partition coefficient (Wildman–Crippen LogP) is 4.34. The van der Waals surface area contributed by atoms with Crippen LogP contribution in [0.25, 0.3) is 0 Å². The standard InChI is InChI=1S/C15H22O2S/c1-2-14(10-6-7-11-15(16)17)18-12-13-8-4-3-5-9-13/h3-5,8-9,14H,2,6-7,10-12H2,1H3,(H,16,17). The minimum absolute atomic E-state index is 0.305. The summed E-state index contributed by atoms with van der Waals surface area (Å²) in [5, 5.41) is 9.23. The largest absolute Gasteiger partial charge is 0.481 e. The van der Waals surface area contributed by atoms with E-state index in [2.05, 4.69) is 31.2 Å². The molecular weight excluding hydrogens is 244 g/mol. The minimum Gasteiger partial charge on any atom is -0.481 e. The predicted molar refractivity (Wildman–Crippen MR) is 77.9 cm³/mol. The van der Waals surface area contributed by atoms with Crippen LogP contribution in [0.5, 0.6) is 0 Å². The number of unbranched alkanes of at least 4 members (excludes halogenated alkanes) is 1. The van der Waals surface area contributed by atoms with Crippen LogP contribution in [-0.2, 0) is 10.5 Å². The Balaban J connectivity index is 2.19. The molecule has 1 aromatic rings. The molecule has 0 saturated carbocycles. The number of hydrogen-bond acceptors (Lipinski definition) is 2. The summed E-state index contributed by atoms with van der Waals surface area (Å²) in [4.78, 5) is 10.4. The van der Waals surface area contributed by atoms with Gasteiger partial charge in [0, 0.05) is 17.4 Å². The van der Waals surface area contributed by atoms with E-state index in [1.165, 1.54) is 5.56 Å². The van der Waals surface area contributed by atoms with Crippen molar-refractivity contribution in [2.75, 3.05) is 0 Å². The molecule has 0 fully saturated rings. The molecule has 18 heavy (non-hydrogen) atoms. The van der Waals surface area contributed by atoms with Gasteiger partial charge in [0.1, 0.15) is 0 Å². The summed E-state index contributed by atoms with van der Waals surface area (Å²) >= 11 is 1.99. The van der Waals surface area contributed by atoms with E-state index in [4.69, 9.17) is 5.11 Å². The van der Waals surface area contributed by atoms with E-state index in [9.17, 15) is 4.79 Å². The van der Waals surface area contributed by atoms with Crippen LogP contribution in [0.3, 0.4) is 0 Å². The topological polar surface area (TPSA) is 37.3 Å². The summed E-state index contributed by atoms with van der Waals surface area (Å²) in [5.74, 6) is 0.373. The molecule has 1 rings (SSSR count). The zero-order valence-electron chi connectivity index (χ0n) is 11.0. The van der Waals surface area contributed by atoms with Gasteiger partial charge in [0.15, 0.2) is 0 Å². The van der Waals surface area contributed by atoms with Crippen molar-refractivity contribution in [2.45, 2.75) is 50.0 Å². The molecule has 100 valence electrons. The summed E-state index contributed by atoms with van der Waals surface area (Å²) in [6.07, 6.45) is 4.41. The number of thioether (sulfide) groups is 1. The van der Waals surface area contributed by atoms with Crippen molar-refractivity contribution < 1.29 is 9.90 Å². The normalized spacial score (nSPS) is 12.3. The van der Waals surface area contributed by atoms with Gasteiger partial charge in [0.2, 0.25) is 0 Å². The zero-order valence-corrected chi connectivity index (χ0v) is 11.8. The Hall–Kier alpha value is -0.960. The molecular formula is C15H22O2S. The van der Waals surface area contributed by atoms with Crippen molar-refractivity contribution in [1.29, 1.82) is 0 Å². The van der Waals surface area contributed by atoms with Gasteiger partial charge < -0.3 is 5.11 Å². The maximum Gasteiger partial charge on any atom is 0.303 e. The number of carboxylic acids is 1. The van der Waals surface area contributed by atoms with Crippen LogP contribution in [0.15, 0.2) is 30.3 Å². The summed E-state index contributed by atoms with van der Waals surface area (Å²) in [7, 11) is 0. The lowest BCUT2D eigenvalue weighted by Crippen LogP contribution is -2.02. The average molecular weight is 266 g/mol. The second-order valence-electron chi connectivity index (χ2n) is 4.47. The molecule has 1 unspecified atom stereocenters. The third-order valence-corrected chi connectivity index (χ3v) is 4.49. The second kappa shape index (κ2) is 9.03. The van der Waals surface area contributed by atoms with Gasteiger partial charge in [-0.15, -0.1) is 0 Å². The highest BCUT2D eigenvalue weighted by Gasteiger charge is 2.07. The lowest BCUT2D eigenvalue weighted by molar-refractivity contribution is -0.137. The molecule has 0 bridgehead atoms. The van der Waals surface area contributed by atoms with Crippen molar-refractivity contribution in [3.63, 3.8) is 0 Å². The van der Waals surface area contributed by atoms with Crippen LogP contribution >= 0.6 is 11.8 Å². The van der Waals surface area contributed by atoms with Crippen molar-refractivity contribution in [2.24, 2.45) is 0 Å². The highest BCUT2D eigenvalue weighted by atomic mass is 32.2. The Morgan fingerprint density at radius 2 is 2.00 bits per heavy atom. The minimum atomic E-state index is -0.681. The zero-order chi connectivity index (χ0) is 13.2. The molecule has 0 aliphatic rings. The van der Waals surface area contributed by atoms with Gasteiger partial charge in [-0.25, -0.2) is 0 Å². The fraction of sp³-hybridized carbons (Fsp3) is 0.533. The lowest BCUT2D eigenvalue weighted by atomic mass is 10.1. The van der Waals surface area contributed by atoms with Gasteiger partial charge in [0.05, 0.1) is 0 Å². The molecule has 0 amide bonds. The van der Waals surface area contributed by atoms with Crippen LogP contribution in [0, 0.1) is 0 Å². The van der Waals surface area contributed by atoms with Gasteiger partial charge in [-0.3, -0.25) is 4.79 Å². The first-order chi connectivity index (χ1) is 8.72. The summed E-state index contributed by atoms with van der Waals surface area (Å²) in [6.45, 7) is 2.21. The molecule has 1 aromatic carbocycles. The number of hydrogen-bond donors (Lipinski definition) is 1. The van der Waals surface area contributed by atoms with E-state index in [1.54, 1.807) is 0 Å². The van der Waals surface area contributed by atoms with Crippen LogP contribution in [0.2, 0.25) is 0 Å². The van der Waals surface area contributed by atoms with E-state index in [1.807, 2.05) is 17.8 Å². The molecule has 0 radical (unpaired) electrons. The molecule has 1 N–H and O–H groups in total. The smallest absolute Gasteiger partial charge is 0.303 e. The molecule has 0 aromatic heterocycles. The maximum absolute atomic E-state index is 10.4. The van der Waals surface area contributed by atoms with Crippen LogP contribution in [-0.4, -0.2) is 16.3 Å². The fourth-order valence-corrected chi connectivity index (χ4v) is 3.03. The number of benzene rings is 1. The van der Waals surface area contributed by atoms with E-state index >= 15 is 0 Å². The second-order valence-corrected chi connectivity index (χ2v) is 5.76. The molecule has 3 heteroatoms. The van der Waals surface area contributed by atoms with Gasteiger partial charge in [0.25, 0.3) is 0 Å². The highest BCUT2D eigenvalue weighted by molar-refractivity contribution is 7.99. The van der Waals surface area contributed by atoms with Gasteiger partial charge in [-0.1, -0.05) is 43.7 Å². The number of carbonyl (C=O) groups is 1. The molecule has 0 aliphatic carbocycles. The fourth-order valence-electron chi connectivity index (χ4n) is 1.84. The number of aliphatic carboxylic acids is 1.